The maximum atomic E-state index is 12.5. The first-order valence-electron chi connectivity index (χ1n) is 7.45. The largest absolute Gasteiger partial charge is 0.341 e. The summed E-state index contributed by atoms with van der Waals surface area (Å²) in [7, 11) is -4.64. The van der Waals surface area contributed by atoms with E-state index in [0.29, 0.717) is 5.69 Å². The van der Waals surface area contributed by atoms with Crippen LogP contribution in [0.15, 0.2) is 46.7 Å². The van der Waals surface area contributed by atoms with Gasteiger partial charge < -0.3 is 10.6 Å². The van der Waals surface area contributed by atoms with E-state index in [2.05, 4.69) is 10.6 Å². The Bertz CT molecular complexity index is 804. The summed E-state index contributed by atoms with van der Waals surface area (Å²) in [6.07, 6.45) is 0. The molecule has 0 spiro atoms. The van der Waals surface area contributed by atoms with Crippen molar-refractivity contribution < 1.29 is 22.0 Å². The lowest BCUT2D eigenvalue weighted by Crippen LogP contribution is -2.34. The van der Waals surface area contributed by atoms with E-state index in [9.17, 15) is 22.0 Å². The Labute approximate surface area is 149 Å². The summed E-state index contributed by atoms with van der Waals surface area (Å²) in [4.78, 5) is 12.7. The molecule has 136 valence electrons. The quantitative estimate of drug-likeness (QED) is 0.776. The second-order valence-corrected chi connectivity index (χ2v) is 8.56. The molecule has 5 nitrogen and oxygen atoms in total. The predicted octanol–water partition coefficient (Wildman–Crippen LogP) is 4.26. The number of benzene rings is 1. The van der Waals surface area contributed by atoms with Crippen molar-refractivity contribution in [3.05, 3.63) is 46.7 Å². The minimum Gasteiger partial charge on any atom is -0.330 e. The fraction of sp³-hybridized carbons (Fsp3) is 0.312. The monoisotopic (exact) mass is 388 g/mol. The molecule has 0 aliphatic rings. The van der Waals surface area contributed by atoms with Crippen LogP contribution in [-0.4, -0.2) is 20.2 Å². The maximum Gasteiger partial charge on any atom is 0.341 e. The number of thiophene rings is 1. The van der Waals surface area contributed by atoms with Crippen LogP contribution in [0.2, 0.25) is 0 Å². The summed E-state index contributed by atoms with van der Waals surface area (Å²) < 4.78 is 47.7. The Hall–Kier alpha value is -2.00. The number of hydrogen-bond donors (Lipinski definition) is 2. The van der Waals surface area contributed by atoms with E-state index < -0.39 is 26.5 Å². The Morgan fingerprint density at radius 2 is 1.76 bits per heavy atom. The predicted molar refractivity (Wildman–Crippen MR) is 93.7 cm³/mol. The smallest absolute Gasteiger partial charge is 0.330 e. The average molecular weight is 388 g/mol. The molecular formula is C16H18F2N2O3S2. The van der Waals surface area contributed by atoms with Crippen LogP contribution in [0.3, 0.4) is 0 Å². The Kier molecular flexibility index (Phi) is 6.12. The van der Waals surface area contributed by atoms with Crippen LogP contribution in [0.1, 0.15) is 24.8 Å². The van der Waals surface area contributed by atoms with Crippen LogP contribution < -0.4 is 10.6 Å². The molecule has 0 aliphatic carbocycles. The molecule has 2 amide bonds. The van der Waals surface area contributed by atoms with Crippen molar-refractivity contribution in [2.24, 2.45) is 5.92 Å². The summed E-state index contributed by atoms with van der Waals surface area (Å²) in [5.41, 5.74) is 0.305. The summed E-state index contributed by atoms with van der Waals surface area (Å²) >= 11 is 1.53. The second kappa shape index (κ2) is 7.92. The fourth-order valence-electron chi connectivity index (χ4n) is 2.17. The molecule has 0 radical (unpaired) electrons. The van der Waals surface area contributed by atoms with Crippen molar-refractivity contribution in [3.8, 4) is 0 Å². The van der Waals surface area contributed by atoms with Gasteiger partial charge in [0.05, 0.1) is 10.9 Å². The van der Waals surface area contributed by atoms with Gasteiger partial charge in [0.2, 0.25) is 9.84 Å². The first kappa shape index (κ1) is 19.3. The van der Waals surface area contributed by atoms with E-state index in [1.54, 1.807) is 0 Å². The Morgan fingerprint density at radius 3 is 2.24 bits per heavy atom. The molecule has 0 fully saturated rings. The first-order valence-corrected chi connectivity index (χ1v) is 9.87. The van der Waals surface area contributed by atoms with Crippen molar-refractivity contribution >= 4 is 32.9 Å². The lowest BCUT2D eigenvalue weighted by atomic mass is 10.0. The lowest BCUT2D eigenvalue weighted by molar-refractivity contribution is 0.234. The van der Waals surface area contributed by atoms with Gasteiger partial charge in [0.1, 0.15) is 0 Å². The molecule has 0 saturated carbocycles. The van der Waals surface area contributed by atoms with Crippen LogP contribution in [0, 0.1) is 5.92 Å². The van der Waals surface area contributed by atoms with Gasteiger partial charge in [0, 0.05) is 10.6 Å². The molecule has 1 atom stereocenters. The molecule has 9 heteroatoms. The highest BCUT2D eigenvalue weighted by Crippen LogP contribution is 2.26. The number of anilines is 1. The highest BCUT2D eigenvalue weighted by Gasteiger charge is 2.26. The van der Waals surface area contributed by atoms with Gasteiger partial charge in [-0.3, -0.25) is 0 Å². The molecule has 1 aromatic carbocycles. The van der Waals surface area contributed by atoms with Gasteiger partial charge in [0.15, 0.2) is 0 Å². The second-order valence-electron chi connectivity index (χ2n) is 5.67. The molecule has 25 heavy (non-hydrogen) atoms. The zero-order chi connectivity index (χ0) is 18.6. The van der Waals surface area contributed by atoms with Gasteiger partial charge in [0.25, 0.3) is 0 Å². The standard InChI is InChI=1S/C16H18F2N2O3S2/c1-10(2)14(13-4-3-9-24-13)20-16(21)19-11-5-7-12(8-6-11)25(22,23)15(17)18/h3-10,14-15H,1-2H3,(H2,19,20,21). The van der Waals surface area contributed by atoms with E-state index >= 15 is 0 Å². The zero-order valence-electron chi connectivity index (χ0n) is 13.6. The van der Waals surface area contributed by atoms with Gasteiger partial charge in [-0.15, -0.1) is 11.3 Å². The summed E-state index contributed by atoms with van der Waals surface area (Å²) in [6.45, 7) is 3.96. The van der Waals surface area contributed by atoms with Crippen LogP contribution >= 0.6 is 11.3 Å². The summed E-state index contributed by atoms with van der Waals surface area (Å²) in [6, 6.07) is 7.81. The molecule has 0 aliphatic heterocycles. The molecule has 0 saturated heterocycles. The van der Waals surface area contributed by atoms with Gasteiger partial charge >= 0.3 is 11.8 Å². The third kappa shape index (κ3) is 4.76. The molecule has 0 bridgehead atoms. The van der Waals surface area contributed by atoms with Crippen LogP contribution in [0.4, 0.5) is 19.3 Å². The molecule has 2 N–H and O–H groups in total. The third-order valence-corrected chi connectivity index (χ3v) is 5.83. The fourth-order valence-corrected chi connectivity index (χ4v) is 3.84. The molecule has 1 heterocycles. The average Bonchev–Trinajstić information content (AvgIpc) is 3.06. The zero-order valence-corrected chi connectivity index (χ0v) is 15.2. The number of nitrogens with one attached hydrogen (secondary N) is 2. The van der Waals surface area contributed by atoms with Gasteiger partial charge in [-0.05, 0) is 41.6 Å². The van der Waals surface area contributed by atoms with Crippen LogP contribution in [0.25, 0.3) is 0 Å². The van der Waals surface area contributed by atoms with E-state index in [4.69, 9.17) is 0 Å². The highest BCUT2D eigenvalue weighted by atomic mass is 32.2. The summed E-state index contributed by atoms with van der Waals surface area (Å²) in [5, 5.41) is 7.34. The number of carbonyl (C=O) groups is 1. The van der Waals surface area contributed by atoms with E-state index in [-0.39, 0.29) is 12.0 Å². The number of urea groups is 1. The van der Waals surface area contributed by atoms with E-state index in [1.807, 2.05) is 31.4 Å². The van der Waals surface area contributed by atoms with Gasteiger partial charge in [-0.2, -0.15) is 8.78 Å². The van der Waals surface area contributed by atoms with Crippen LogP contribution in [-0.2, 0) is 9.84 Å². The minimum absolute atomic E-state index is 0.168. The highest BCUT2D eigenvalue weighted by molar-refractivity contribution is 7.91. The Morgan fingerprint density at radius 1 is 1.12 bits per heavy atom. The third-order valence-electron chi connectivity index (χ3n) is 3.48. The van der Waals surface area contributed by atoms with Crippen LogP contribution in [0.5, 0.6) is 0 Å². The number of halogens is 2. The molecule has 2 aromatic rings. The Balaban J connectivity index is 2.05. The molecule has 1 aromatic heterocycles. The lowest BCUT2D eigenvalue weighted by Gasteiger charge is -2.21. The normalized spacial score (nSPS) is 13.0. The van der Waals surface area contributed by atoms with Crippen molar-refractivity contribution in [2.45, 2.75) is 30.5 Å². The number of hydrogen-bond acceptors (Lipinski definition) is 4. The van der Waals surface area contributed by atoms with E-state index in [0.717, 1.165) is 17.0 Å². The maximum absolute atomic E-state index is 12.5. The molecule has 2 rings (SSSR count). The van der Waals surface area contributed by atoms with Crippen molar-refractivity contribution in [2.75, 3.05) is 5.32 Å². The van der Waals surface area contributed by atoms with Gasteiger partial charge in [-0.1, -0.05) is 19.9 Å². The minimum atomic E-state index is -4.64. The number of amides is 2. The topological polar surface area (TPSA) is 75.3 Å². The van der Waals surface area contributed by atoms with Gasteiger partial charge in [-0.25, -0.2) is 13.2 Å². The van der Waals surface area contributed by atoms with Crippen molar-refractivity contribution in [3.63, 3.8) is 0 Å². The van der Waals surface area contributed by atoms with Crippen molar-refractivity contribution in [1.82, 2.24) is 5.32 Å². The van der Waals surface area contributed by atoms with Crippen molar-refractivity contribution in [1.29, 1.82) is 0 Å². The number of rotatable bonds is 6. The number of carbonyl (C=O) groups excluding carboxylic acids is 1. The molecule has 1 unspecified atom stereocenters. The number of alkyl halides is 2. The number of sulfone groups is 1. The SMILES string of the molecule is CC(C)C(NC(=O)Nc1ccc(S(=O)(=O)C(F)F)cc1)c1cccs1. The first-order chi connectivity index (χ1) is 11.7. The molecular weight excluding hydrogens is 370 g/mol. The summed E-state index contributed by atoms with van der Waals surface area (Å²) in [5.74, 6) is -3.31. The van der Waals surface area contributed by atoms with E-state index in [1.165, 1.54) is 23.5 Å².